The Morgan fingerprint density at radius 2 is 0.926 bits per heavy atom. The second-order valence-electron chi connectivity index (χ2n) is 7.95. The molecule has 0 heterocycles. The van der Waals surface area contributed by atoms with Crippen LogP contribution in [0.1, 0.15) is 130 Å². The first-order chi connectivity index (χ1) is 12.4. The molecule has 0 aromatic carbocycles. The summed E-state index contributed by atoms with van der Waals surface area (Å²) in [5, 5.41) is 0. The molecule has 0 aliphatic heterocycles. The lowest BCUT2D eigenvalue weighted by atomic mass is 10.0. The van der Waals surface area contributed by atoms with Gasteiger partial charge in [-0.25, -0.2) is 0 Å². The first-order valence-corrected chi connectivity index (χ1v) is 12.5. The van der Waals surface area contributed by atoms with Crippen LogP contribution in [0.25, 0.3) is 0 Å². The Kier molecular flexibility index (Phi) is 20.2. The molecule has 0 aliphatic carbocycles. The van der Waals surface area contributed by atoms with E-state index >= 15 is 0 Å². The molecule has 0 bridgehead atoms. The molecule has 0 aromatic rings. The van der Waals surface area contributed by atoms with Gasteiger partial charge < -0.3 is 6.15 Å². The minimum atomic E-state index is -4.01. The molecule has 0 aliphatic rings. The van der Waals surface area contributed by atoms with E-state index in [1.54, 1.807) is 13.8 Å². The minimum Gasteiger partial charge on any atom is -0.344 e. The van der Waals surface area contributed by atoms with E-state index in [4.69, 9.17) is 0 Å². The maximum atomic E-state index is 11.3. The van der Waals surface area contributed by atoms with Gasteiger partial charge >= 0.3 is 0 Å². The lowest BCUT2D eigenvalue weighted by Gasteiger charge is -2.07. The molecule has 0 fully saturated rings. The fourth-order valence-electron chi connectivity index (χ4n) is 3.47. The highest BCUT2D eigenvalue weighted by atomic mass is 32.2. The van der Waals surface area contributed by atoms with Crippen LogP contribution in [-0.4, -0.2) is 13.0 Å². The molecule has 164 valence electrons. The third kappa shape index (κ3) is 18.7. The van der Waals surface area contributed by atoms with Crippen molar-refractivity contribution >= 4 is 10.1 Å². The summed E-state index contributed by atoms with van der Waals surface area (Å²) in [6.07, 6.45) is 21.4. The SMILES string of the molecule is CCCCCCCCCCCCCCCCCCC(=C(C)C)S(=O)(=O)O.N. The molecule has 0 unspecified atom stereocenters. The van der Waals surface area contributed by atoms with Crippen molar-refractivity contribution in [3.63, 3.8) is 0 Å². The van der Waals surface area contributed by atoms with Crippen molar-refractivity contribution < 1.29 is 13.0 Å². The summed E-state index contributed by atoms with van der Waals surface area (Å²) in [6.45, 7) is 5.76. The average molecular weight is 406 g/mol. The summed E-state index contributed by atoms with van der Waals surface area (Å²) in [5.74, 6) is 0. The number of rotatable bonds is 18. The van der Waals surface area contributed by atoms with Gasteiger partial charge in [-0.15, -0.1) is 0 Å². The zero-order chi connectivity index (χ0) is 19.7. The van der Waals surface area contributed by atoms with E-state index in [1.165, 1.54) is 89.9 Å². The largest absolute Gasteiger partial charge is 0.344 e. The zero-order valence-corrected chi connectivity index (χ0v) is 19.2. The Morgan fingerprint density at radius 1 is 0.630 bits per heavy atom. The van der Waals surface area contributed by atoms with Crippen molar-refractivity contribution in [2.75, 3.05) is 0 Å². The standard InChI is InChI=1S/C22H44O3S.H3N/c1-4-5-6-7-8-9-10-11-12-13-14-15-16-17-18-19-20-22(21(2)3)26(23,24)25;/h4-20H2,1-3H3,(H,23,24,25);1H3. The van der Waals surface area contributed by atoms with Gasteiger partial charge in [0.2, 0.25) is 0 Å². The Labute approximate surface area is 169 Å². The second-order valence-corrected chi connectivity index (χ2v) is 9.39. The summed E-state index contributed by atoms with van der Waals surface area (Å²) >= 11 is 0. The van der Waals surface area contributed by atoms with Gasteiger partial charge in [-0.3, -0.25) is 4.55 Å². The third-order valence-electron chi connectivity index (χ3n) is 5.13. The predicted molar refractivity (Wildman–Crippen MR) is 119 cm³/mol. The highest BCUT2D eigenvalue weighted by Crippen LogP contribution is 2.19. The summed E-state index contributed by atoms with van der Waals surface area (Å²) < 4.78 is 31.7. The Hall–Kier alpha value is -0.390. The van der Waals surface area contributed by atoms with Gasteiger partial charge in [-0.05, 0) is 26.7 Å². The van der Waals surface area contributed by atoms with Crippen molar-refractivity contribution in [1.29, 1.82) is 0 Å². The fraction of sp³-hybridized carbons (Fsp3) is 0.909. The molecule has 0 amide bonds. The lowest BCUT2D eigenvalue weighted by Crippen LogP contribution is -2.04. The maximum Gasteiger partial charge on any atom is 0.290 e. The normalized spacial score (nSPS) is 11.3. The number of unbranched alkanes of at least 4 members (excludes halogenated alkanes) is 15. The first-order valence-electron chi connectivity index (χ1n) is 11.0. The van der Waals surface area contributed by atoms with Crippen molar-refractivity contribution in [1.82, 2.24) is 6.15 Å². The Morgan fingerprint density at radius 3 is 1.19 bits per heavy atom. The lowest BCUT2D eigenvalue weighted by molar-refractivity contribution is 0.486. The summed E-state index contributed by atoms with van der Waals surface area (Å²) in [7, 11) is -4.01. The van der Waals surface area contributed by atoms with Crippen LogP contribution in [-0.2, 0) is 10.1 Å². The molecule has 0 saturated carbocycles. The van der Waals surface area contributed by atoms with E-state index in [2.05, 4.69) is 6.92 Å². The van der Waals surface area contributed by atoms with Gasteiger partial charge in [0, 0.05) is 0 Å². The van der Waals surface area contributed by atoms with Gasteiger partial charge in [0.1, 0.15) is 0 Å². The summed E-state index contributed by atoms with van der Waals surface area (Å²) in [4.78, 5) is 0.211. The second kappa shape index (κ2) is 18.9. The third-order valence-corrected chi connectivity index (χ3v) is 6.36. The van der Waals surface area contributed by atoms with E-state index in [0.29, 0.717) is 12.0 Å². The molecule has 4 N–H and O–H groups in total. The highest BCUT2D eigenvalue weighted by molar-refractivity contribution is 7.89. The maximum absolute atomic E-state index is 11.3. The van der Waals surface area contributed by atoms with Crippen LogP contribution in [0, 0.1) is 0 Å². The van der Waals surface area contributed by atoms with Gasteiger partial charge in [0.05, 0.1) is 4.91 Å². The average Bonchev–Trinajstić information content (AvgIpc) is 2.56. The molecule has 27 heavy (non-hydrogen) atoms. The van der Waals surface area contributed by atoms with Gasteiger partial charge in [0.25, 0.3) is 10.1 Å². The van der Waals surface area contributed by atoms with E-state index in [-0.39, 0.29) is 11.1 Å². The van der Waals surface area contributed by atoms with Crippen LogP contribution in [0.4, 0.5) is 0 Å². The van der Waals surface area contributed by atoms with Crippen LogP contribution in [0.2, 0.25) is 0 Å². The summed E-state index contributed by atoms with van der Waals surface area (Å²) in [5.41, 5.74) is 0.702. The molecular weight excluding hydrogens is 358 g/mol. The Balaban J connectivity index is 0. The monoisotopic (exact) mass is 405 g/mol. The fourth-order valence-corrected chi connectivity index (χ4v) is 4.39. The molecule has 4 nitrogen and oxygen atoms in total. The van der Waals surface area contributed by atoms with Crippen LogP contribution < -0.4 is 6.15 Å². The topological polar surface area (TPSA) is 89.4 Å². The Bertz CT molecular complexity index is 454. The molecule has 0 rings (SSSR count). The van der Waals surface area contributed by atoms with E-state index in [9.17, 15) is 13.0 Å². The number of allylic oxidation sites excluding steroid dienone is 2. The highest BCUT2D eigenvalue weighted by Gasteiger charge is 2.14. The van der Waals surface area contributed by atoms with Crippen molar-refractivity contribution in [2.24, 2.45) is 0 Å². The molecule has 5 heteroatoms. The minimum absolute atomic E-state index is 0. The first kappa shape index (κ1) is 28.8. The summed E-state index contributed by atoms with van der Waals surface area (Å²) in [6, 6.07) is 0. The molecule has 0 aromatic heterocycles. The van der Waals surface area contributed by atoms with Crippen molar-refractivity contribution in [3.8, 4) is 0 Å². The van der Waals surface area contributed by atoms with Crippen LogP contribution in [0.5, 0.6) is 0 Å². The van der Waals surface area contributed by atoms with E-state index in [0.717, 1.165) is 12.8 Å². The van der Waals surface area contributed by atoms with Crippen LogP contribution >= 0.6 is 0 Å². The van der Waals surface area contributed by atoms with Crippen molar-refractivity contribution in [3.05, 3.63) is 10.5 Å². The molecule has 0 spiro atoms. The van der Waals surface area contributed by atoms with Crippen molar-refractivity contribution in [2.45, 2.75) is 130 Å². The quantitative estimate of drug-likeness (QED) is 0.179. The van der Waals surface area contributed by atoms with E-state index < -0.39 is 10.1 Å². The molecule has 0 radical (unpaired) electrons. The van der Waals surface area contributed by atoms with Gasteiger partial charge in [-0.1, -0.05) is 109 Å². The van der Waals surface area contributed by atoms with E-state index in [1.807, 2.05) is 0 Å². The van der Waals surface area contributed by atoms with Crippen LogP contribution in [0.3, 0.4) is 0 Å². The van der Waals surface area contributed by atoms with Gasteiger partial charge in [-0.2, -0.15) is 8.42 Å². The zero-order valence-electron chi connectivity index (χ0n) is 18.4. The smallest absolute Gasteiger partial charge is 0.290 e. The molecule has 0 saturated heterocycles. The number of hydrogen-bond acceptors (Lipinski definition) is 3. The van der Waals surface area contributed by atoms with Crippen LogP contribution in [0.15, 0.2) is 10.5 Å². The molecule has 0 atom stereocenters. The number of hydrogen-bond donors (Lipinski definition) is 2. The predicted octanol–water partition coefficient (Wildman–Crippen LogP) is 7.98. The van der Waals surface area contributed by atoms with Gasteiger partial charge in [0.15, 0.2) is 0 Å². The molecular formula is C22H47NO3S.